The van der Waals surface area contributed by atoms with E-state index >= 15 is 0 Å². The van der Waals surface area contributed by atoms with Crippen molar-refractivity contribution in [2.75, 3.05) is 25.0 Å². The van der Waals surface area contributed by atoms with Crippen molar-refractivity contribution in [2.24, 2.45) is 0 Å². The first-order valence-corrected chi connectivity index (χ1v) is 7.41. The lowest BCUT2D eigenvalue weighted by Gasteiger charge is -2.21. The van der Waals surface area contributed by atoms with E-state index in [1.165, 1.54) is 5.56 Å². The van der Waals surface area contributed by atoms with Crippen LogP contribution in [0, 0.1) is 0 Å². The Morgan fingerprint density at radius 2 is 1.85 bits per heavy atom. The van der Waals surface area contributed by atoms with Crippen LogP contribution in [0.5, 0.6) is 0 Å². The summed E-state index contributed by atoms with van der Waals surface area (Å²) in [5, 5.41) is 4.18. The molecule has 0 unspecified atom stereocenters. The van der Waals surface area contributed by atoms with Crippen LogP contribution in [-0.4, -0.2) is 24.5 Å². The lowest BCUT2D eigenvalue weighted by atomic mass is 10.2. The van der Waals surface area contributed by atoms with E-state index in [1.807, 2.05) is 24.3 Å². The summed E-state index contributed by atoms with van der Waals surface area (Å²) in [6, 6.07) is 18.4. The monoisotopic (exact) mass is 288 g/mol. The summed E-state index contributed by atoms with van der Waals surface area (Å²) in [6.45, 7) is 6.17. The van der Waals surface area contributed by atoms with Gasteiger partial charge in [-0.05, 0) is 30.3 Å². The number of hydrogen-bond donors (Lipinski definition) is 1. The van der Waals surface area contributed by atoms with Crippen molar-refractivity contribution in [2.45, 2.75) is 13.5 Å². The molecular weight excluding hydrogens is 268 g/mol. The summed E-state index contributed by atoms with van der Waals surface area (Å²) in [5.41, 5.74) is 2.44. The zero-order valence-electron chi connectivity index (χ0n) is 11.8. The predicted molar refractivity (Wildman–Crippen MR) is 87.3 cm³/mol. The first-order valence-electron chi connectivity index (χ1n) is 7.03. The number of halogens is 1. The van der Waals surface area contributed by atoms with Gasteiger partial charge in [0.1, 0.15) is 0 Å². The van der Waals surface area contributed by atoms with E-state index in [2.05, 4.69) is 47.5 Å². The zero-order valence-corrected chi connectivity index (χ0v) is 12.6. The lowest BCUT2D eigenvalue weighted by molar-refractivity contribution is 0.291. The topological polar surface area (TPSA) is 15.3 Å². The van der Waals surface area contributed by atoms with Crippen LogP contribution in [0.1, 0.15) is 12.5 Å². The summed E-state index contributed by atoms with van der Waals surface area (Å²) < 4.78 is 0. The van der Waals surface area contributed by atoms with Gasteiger partial charge in [-0.15, -0.1) is 0 Å². The molecule has 1 N–H and O–H groups in total. The van der Waals surface area contributed by atoms with Crippen LogP contribution in [0.2, 0.25) is 5.02 Å². The molecule has 3 heteroatoms. The maximum absolute atomic E-state index is 5.97. The average molecular weight is 289 g/mol. The fourth-order valence-electron chi connectivity index (χ4n) is 2.15. The van der Waals surface area contributed by atoms with Crippen LogP contribution < -0.4 is 5.32 Å². The minimum Gasteiger partial charge on any atom is -0.384 e. The minimum atomic E-state index is 0.770. The molecule has 20 heavy (non-hydrogen) atoms. The highest BCUT2D eigenvalue weighted by atomic mass is 35.5. The second-order valence-electron chi connectivity index (χ2n) is 4.79. The van der Waals surface area contributed by atoms with Gasteiger partial charge in [-0.2, -0.15) is 0 Å². The molecule has 0 aliphatic heterocycles. The van der Waals surface area contributed by atoms with Gasteiger partial charge in [0.25, 0.3) is 0 Å². The molecule has 0 spiro atoms. The molecule has 0 amide bonds. The molecule has 0 aromatic heterocycles. The maximum atomic E-state index is 5.97. The maximum Gasteiger partial charge on any atom is 0.0426 e. The number of likely N-dealkylation sites (N-methyl/N-ethyl adjacent to an activating group) is 1. The predicted octanol–water partition coefficient (Wildman–Crippen LogP) is 4.27. The zero-order chi connectivity index (χ0) is 14.2. The van der Waals surface area contributed by atoms with Gasteiger partial charge in [-0.25, -0.2) is 0 Å². The Morgan fingerprint density at radius 3 is 2.55 bits per heavy atom. The van der Waals surface area contributed by atoms with Crippen molar-refractivity contribution in [3.63, 3.8) is 0 Å². The highest BCUT2D eigenvalue weighted by molar-refractivity contribution is 6.30. The third-order valence-corrected chi connectivity index (χ3v) is 3.51. The molecular formula is C17H21ClN2. The van der Waals surface area contributed by atoms with Gasteiger partial charge in [0.2, 0.25) is 0 Å². The van der Waals surface area contributed by atoms with Crippen LogP contribution in [0.4, 0.5) is 5.69 Å². The van der Waals surface area contributed by atoms with Crippen LogP contribution in [0.3, 0.4) is 0 Å². The number of nitrogens with one attached hydrogen (secondary N) is 1. The molecule has 0 bridgehead atoms. The van der Waals surface area contributed by atoms with Crippen LogP contribution in [0.15, 0.2) is 54.6 Å². The number of nitrogens with zero attached hydrogens (tertiary/aromatic N) is 1. The Kier molecular flexibility index (Phi) is 5.90. The molecule has 0 heterocycles. The van der Waals surface area contributed by atoms with Gasteiger partial charge >= 0.3 is 0 Å². The number of anilines is 1. The third kappa shape index (κ3) is 4.87. The normalized spacial score (nSPS) is 10.8. The summed E-state index contributed by atoms with van der Waals surface area (Å²) in [5.74, 6) is 0. The standard InChI is InChI=1S/C17H21ClN2/c1-2-20(14-15-7-4-3-5-8-15)12-11-19-17-10-6-9-16(18)13-17/h3-10,13,19H,2,11-12,14H2,1H3. The molecule has 0 saturated carbocycles. The molecule has 106 valence electrons. The van der Waals surface area contributed by atoms with E-state index in [1.54, 1.807) is 0 Å². The molecule has 0 radical (unpaired) electrons. The molecule has 2 nitrogen and oxygen atoms in total. The van der Waals surface area contributed by atoms with Crippen molar-refractivity contribution in [3.05, 3.63) is 65.2 Å². The molecule has 0 fully saturated rings. The van der Waals surface area contributed by atoms with Gasteiger partial charge < -0.3 is 5.32 Å². The molecule has 0 atom stereocenters. The summed E-state index contributed by atoms with van der Waals surface area (Å²) >= 11 is 5.97. The van der Waals surface area contributed by atoms with Crippen molar-refractivity contribution < 1.29 is 0 Å². The van der Waals surface area contributed by atoms with Crippen molar-refractivity contribution in [3.8, 4) is 0 Å². The molecule has 2 aromatic carbocycles. The van der Waals surface area contributed by atoms with E-state index in [4.69, 9.17) is 11.6 Å². The van der Waals surface area contributed by atoms with Crippen molar-refractivity contribution in [1.29, 1.82) is 0 Å². The molecule has 2 rings (SSSR count). The van der Waals surface area contributed by atoms with E-state index in [-0.39, 0.29) is 0 Å². The number of benzene rings is 2. The summed E-state index contributed by atoms with van der Waals surface area (Å²) in [7, 11) is 0. The van der Waals surface area contributed by atoms with Crippen molar-refractivity contribution >= 4 is 17.3 Å². The van der Waals surface area contributed by atoms with Gasteiger partial charge in [0, 0.05) is 30.3 Å². The van der Waals surface area contributed by atoms with E-state index in [0.29, 0.717) is 0 Å². The fourth-order valence-corrected chi connectivity index (χ4v) is 2.34. The van der Waals surface area contributed by atoms with Gasteiger partial charge in [0.15, 0.2) is 0 Å². The third-order valence-electron chi connectivity index (χ3n) is 3.28. The quantitative estimate of drug-likeness (QED) is 0.818. The average Bonchev–Trinajstić information content (AvgIpc) is 2.47. The highest BCUT2D eigenvalue weighted by Crippen LogP contribution is 2.14. The summed E-state index contributed by atoms with van der Waals surface area (Å²) in [6.07, 6.45) is 0. The van der Waals surface area contributed by atoms with Gasteiger partial charge in [-0.1, -0.05) is 54.9 Å². The first-order chi connectivity index (χ1) is 9.78. The summed E-state index contributed by atoms with van der Waals surface area (Å²) in [4.78, 5) is 2.42. The van der Waals surface area contributed by atoms with E-state index in [0.717, 1.165) is 36.9 Å². The molecule has 0 aliphatic carbocycles. The minimum absolute atomic E-state index is 0.770. The second kappa shape index (κ2) is 7.93. The second-order valence-corrected chi connectivity index (χ2v) is 5.23. The molecule has 0 aliphatic rings. The Morgan fingerprint density at radius 1 is 1.05 bits per heavy atom. The Bertz CT molecular complexity index is 513. The molecule has 2 aromatic rings. The lowest BCUT2D eigenvalue weighted by Crippen LogP contribution is -2.28. The largest absolute Gasteiger partial charge is 0.384 e. The Balaban J connectivity index is 1.79. The van der Waals surface area contributed by atoms with E-state index < -0.39 is 0 Å². The fraction of sp³-hybridized carbons (Fsp3) is 0.294. The van der Waals surface area contributed by atoms with Crippen LogP contribution in [0.25, 0.3) is 0 Å². The smallest absolute Gasteiger partial charge is 0.0426 e. The Labute approximate surface area is 126 Å². The van der Waals surface area contributed by atoms with Gasteiger partial charge in [-0.3, -0.25) is 4.90 Å². The molecule has 0 saturated heterocycles. The van der Waals surface area contributed by atoms with Crippen molar-refractivity contribution in [1.82, 2.24) is 4.90 Å². The Hall–Kier alpha value is -1.51. The van der Waals surface area contributed by atoms with Crippen LogP contribution in [-0.2, 0) is 6.54 Å². The highest BCUT2D eigenvalue weighted by Gasteiger charge is 2.03. The first kappa shape index (κ1) is 14.9. The van der Waals surface area contributed by atoms with E-state index in [9.17, 15) is 0 Å². The number of hydrogen-bond acceptors (Lipinski definition) is 2. The SMILES string of the molecule is CCN(CCNc1cccc(Cl)c1)Cc1ccccc1. The van der Waals surface area contributed by atoms with Crippen LogP contribution >= 0.6 is 11.6 Å². The van der Waals surface area contributed by atoms with Gasteiger partial charge in [0.05, 0.1) is 0 Å². The number of rotatable bonds is 7.